The van der Waals surface area contributed by atoms with Gasteiger partial charge in [-0.3, -0.25) is 4.68 Å². The molecule has 0 aliphatic heterocycles. The molecule has 0 radical (unpaired) electrons. The summed E-state index contributed by atoms with van der Waals surface area (Å²) < 4.78 is 7.54. The van der Waals surface area contributed by atoms with Crippen LogP contribution in [0.1, 0.15) is 39.9 Å². The number of nitrogens with zero attached hydrogens (tertiary/aromatic N) is 3. The average molecular weight is 254 g/mol. The molecule has 0 aromatic carbocycles. The van der Waals surface area contributed by atoms with Crippen molar-refractivity contribution in [3.8, 4) is 0 Å². The maximum atomic E-state index is 5.60. The second-order valence-electron chi connectivity index (χ2n) is 5.01. The van der Waals surface area contributed by atoms with Gasteiger partial charge in [0.05, 0.1) is 5.60 Å². The van der Waals surface area contributed by atoms with E-state index in [1.54, 1.807) is 13.4 Å². The lowest BCUT2D eigenvalue weighted by atomic mass is 9.95. The quantitative estimate of drug-likeness (QED) is 0.766. The highest BCUT2D eigenvalue weighted by Gasteiger charge is 2.30. The summed E-state index contributed by atoms with van der Waals surface area (Å²) >= 11 is 0. The fourth-order valence-corrected chi connectivity index (χ4v) is 1.92. The van der Waals surface area contributed by atoms with Gasteiger partial charge in [-0.25, -0.2) is 4.98 Å². The zero-order valence-corrected chi connectivity index (χ0v) is 12.2. The molecule has 0 saturated carbocycles. The average Bonchev–Trinajstić information content (AvgIpc) is 2.81. The van der Waals surface area contributed by atoms with Crippen LogP contribution in [0.4, 0.5) is 0 Å². The van der Waals surface area contributed by atoms with Gasteiger partial charge in [-0.15, -0.1) is 0 Å². The Hall–Kier alpha value is -0.940. The number of rotatable bonds is 8. The molecule has 1 aromatic heterocycles. The van der Waals surface area contributed by atoms with Crippen molar-refractivity contribution >= 4 is 0 Å². The fourth-order valence-electron chi connectivity index (χ4n) is 1.92. The van der Waals surface area contributed by atoms with Gasteiger partial charge in [0.1, 0.15) is 12.2 Å². The smallest absolute Gasteiger partial charge is 0.138 e. The third-order valence-corrected chi connectivity index (χ3v) is 3.39. The van der Waals surface area contributed by atoms with Crippen molar-refractivity contribution < 1.29 is 4.74 Å². The molecule has 0 aliphatic carbocycles. The molecule has 1 rings (SSSR count). The van der Waals surface area contributed by atoms with Gasteiger partial charge >= 0.3 is 0 Å². The van der Waals surface area contributed by atoms with E-state index in [0.29, 0.717) is 0 Å². The van der Waals surface area contributed by atoms with Crippen molar-refractivity contribution in [2.75, 3.05) is 13.7 Å². The van der Waals surface area contributed by atoms with Gasteiger partial charge in [0.2, 0.25) is 0 Å². The molecule has 1 heterocycles. The lowest BCUT2D eigenvalue weighted by Gasteiger charge is -2.33. The highest BCUT2D eigenvalue weighted by Crippen LogP contribution is 2.17. The summed E-state index contributed by atoms with van der Waals surface area (Å²) in [5.41, 5.74) is -0.223. The summed E-state index contributed by atoms with van der Waals surface area (Å²) in [5, 5.41) is 7.76. The Morgan fingerprint density at radius 1 is 1.44 bits per heavy atom. The summed E-state index contributed by atoms with van der Waals surface area (Å²) in [6, 6.07) is 0.233. The molecule has 1 atom stereocenters. The highest BCUT2D eigenvalue weighted by molar-refractivity contribution is 4.96. The molecule has 0 saturated heterocycles. The molecule has 5 nitrogen and oxygen atoms in total. The summed E-state index contributed by atoms with van der Waals surface area (Å²) in [5.74, 6) is 1.01. The lowest BCUT2D eigenvalue weighted by molar-refractivity contribution is -0.0107. The molecule has 0 spiro atoms. The van der Waals surface area contributed by atoms with E-state index in [1.807, 2.05) is 4.68 Å². The van der Waals surface area contributed by atoms with E-state index in [9.17, 15) is 0 Å². The predicted molar refractivity (Wildman–Crippen MR) is 72.6 cm³/mol. The second-order valence-corrected chi connectivity index (χ2v) is 5.01. The number of ether oxygens (including phenoxy) is 1. The van der Waals surface area contributed by atoms with Crippen LogP contribution in [-0.4, -0.2) is 40.1 Å². The molecule has 0 amide bonds. The van der Waals surface area contributed by atoms with Gasteiger partial charge < -0.3 is 10.1 Å². The van der Waals surface area contributed by atoms with E-state index < -0.39 is 0 Å². The molecule has 5 heteroatoms. The first-order valence-electron chi connectivity index (χ1n) is 6.70. The standard InChI is InChI=1S/C13H26N4O/c1-6-8-14-11(13(3,4)18-5)9-12-15-10-16-17(12)7-2/h10-11,14H,6-9H2,1-5H3. The molecular formula is C13H26N4O. The number of hydrogen-bond acceptors (Lipinski definition) is 4. The molecule has 18 heavy (non-hydrogen) atoms. The maximum absolute atomic E-state index is 5.60. The van der Waals surface area contributed by atoms with Gasteiger partial charge in [0.15, 0.2) is 0 Å². The van der Waals surface area contributed by atoms with Crippen molar-refractivity contribution in [1.29, 1.82) is 0 Å². The van der Waals surface area contributed by atoms with Crippen LogP contribution in [0.25, 0.3) is 0 Å². The van der Waals surface area contributed by atoms with Crippen LogP contribution >= 0.6 is 0 Å². The zero-order chi connectivity index (χ0) is 13.6. The first-order valence-corrected chi connectivity index (χ1v) is 6.70. The summed E-state index contributed by atoms with van der Waals surface area (Å²) in [4.78, 5) is 4.34. The molecule has 1 N–H and O–H groups in total. The van der Waals surface area contributed by atoms with E-state index in [2.05, 4.69) is 43.1 Å². The largest absolute Gasteiger partial charge is 0.377 e. The van der Waals surface area contributed by atoms with E-state index >= 15 is 0 Å². The minimum atomic E-state index is -0.223. The lowest BCUT2D eigenvalue weighted by Crippen LogP contribution is -2.50. The molecule has 1 aromatic rings. The van der Waals surface area contributed by atoms with Crippen molar-refractivity contribution in [1.82, 2.24) is 20.1 Å². The topological polar surface area (TPSA) is 52.0 Å². The third kappa shape index (κ3) is 3.78. The Kier molecular flexibility index (Phi) is 5.75. The van der Waals surface area contributed by atoms with Crippen LogP contribution in [0.5, 0.6) is 0 Å². The van der Waals surface area contributed by atoms with Crippen molar-refractivity contribution in [2.24, 2.45) is 0 Å². The molecule has 0 aliphatic rings. The molecule has 0 bridgehead atoms. The van der Waals surface area contributed by atoms with Crippen molar-refractivity contribution in [3.05, 3.63) is 12.2 Å². The predicted octanol–water partition coefficient (Wildman–Crippen LogP) is 1.63. The molecule has 0 fully saturated rings. The Labute approximate surface area is 110 Å². The van der Waals surface area contributed by atoms with Crippen LogP contribution in [-0.2, 0) is 17.7 Å². The van der Waals surface area contributed by atoms with Crippen LogP contribution in [0.3, 0.4) is 0 Å². The van der Waals surface area contributed by atoms with E-state index in [-0.39, 0.29) is 11.6 Å². The number of aryl methyl sites for hydroxylation is 1. The number of nitrogens with one attached hydrogen (secondary N) is 1. The van der Waals surface area contributed by atoms with Crippen molar-refractivity contribution in [2.45, 2.75) is 58.7 Å². The molecular weight excluding hydrogens is 228 g/mol. The van der Waals surface area contributed by atoms with E-state index in [0.717, 1.165) is 31.8 Å². The van der Waals surface area contributed by atoms with Crippen LogP contribution in [0.2, 0.25) is 0 Å². The first-order chi connectivity index (χ1) is 8.55. The summed E-state index contributed by atoms with van der Waals surface area (Å²) in [7, 11) is 1.76. The van der Waals surface area contributed by atoms with Gasteiger partial charge in [-0.2, -0.15) is 5.10 Å². The molecule has 1 unspecified atom stereocenters. The van der Waals surface area contributed by atoms with Crippen LogP contribution in [0.15, 0.2) is 6.33 Å². The van der Waals surface area contributed by atoms with Crippen molar-refractivity contribution in [3.63, 3.8) is 0 Å². The highest BCUT2D eigenvalue weighted by atomic mass is 16.5. The summed E-state index contributed by atoms with van der Waals surface area (Å²) in [6.45, 7) is 10.3. The van der Waals surface area contributed by atoms with E-state index in [1.165, 1.54) is 0 Å². The van der Waals surface area contributed by atoms with Crippen LogP contribution in [0, 0.1) is 0 Å². The number of hydrogen-bond donors (Lipinski definition) is 1. The minimum Gasteiger partial charge on any atom is -0.377 e. The third-order valence-electron chi connectivity index (χ3n) is 3.39. The van der Waals surface area contributed by atoms with Gasteiger partial charge in [0.25, 0.3) is 0 Å². The Bertz CT molecular complexity index is 349. The Morgan fingerprint density at radius 3 is 2.72 bits per heavy atom. The molecule has 104 valence electrons. The zero-order valence-electron chi connectivity index (χ0n) is 12.2. The van der Waals surface area contributed by atoms with Gasteiger partial charge in [-0.1, -0.05) is 6.92 Å². The second kappa shape index (κ2) is 6.85. The minimum absolute atomic E-state index is 0.223. The number of aromatic nitrogens is 3. The normalized spacial score (nSPS) is 13.8. The number of methoxy groups -OCH3 is 1. The monoisotopic (exact) mass is 254 g/mol. The Morgan fingerprint density at radius 2 is 2.17 bits per heavy atom. The first kappa shape index (κ1) is 15.1. The Balaban J connectivity index is 2.78. The van der Waals surface area contributed by atoms with Crippen LogP contribution < -0.4 is 5.32 Å². The van der Waals surface area contributed by atoms with Gasteiger partial charge in [-0.05, 0) is 33.7 Å². The fraction of sp³-hybridized carbons (Fsp3) is 0.846. The van der Waals surface area contributed by atoms with E-state index in [4.69, 9.17) is 4.74 Å². The summed E-state index contributed by atoms with van der Waals surface area (Å²) in [6.07, 6.45) is 3.56. The maximum Gasteiger partial charge on any atom is 0.138 e. The van der Waals surface area contributed by atoms with Gasteiger partial charge in [0, 0.05) is 26.1 Å². The SMILES string of the molecule is CCCNC(Cc1ncnn1CC)C(C)(C)OC.